The van der Waals surface area contributed by atoms with Gasteiger partial charge < -0.3 is 0 Å². The van der Waals surface area contributed by atoms with Crippen LogP contribution in [0.5, 0.6) is 0 Å². The molecule has 0 aliphatic rings. The highest BCUT2D eigenvalue weighted by molar-refractivity contribution is 5.90. The molecule has 0 spiro atoms. The van der Waals surface area contributed by atoms with Crippen molar-refractivity contribution in [2.75, 3.05) is 0 Å². The smallest absolute Gasteiger partial charge is 0.141 e. The molecule has 0 aliphatic carbocycles. The average Bonchev–Trinajstić information content (AvgIpc) is 2.96. The third kappa shape index (κ3) is 4.27. The zero-order valence-corrected chi connectivity index (χ0v) is 19.5. The van der Waals surface area contributed by atoms with E-state index in [1.807, 2.05) is 18.2 Å². The highest BCUT2D eigenvalue weighted by atomic mass is 19.1. The van der Waals surface area contributed by atoms with Gasteiger partial charge in [-0.3, -0.25) is 0 Å². The van der Waals surface area contributed by atoms with E-state index >= 15 is 0 Å². The fourth-order valence-electron chi connectivity index (χ4n) is 4.30. The lowest BCUT2D eigenvalue weighted by Crippen LogP contribution is -1.99. The molecule has 180 valence electrons. The summed E-state index contributed by atoms with van der Waals surface area (Å²) in [5, 5.41) is 58.2. The monoisotopic (exact) mass is 510 g/mol. The van der Waals surface area contributed by atoms with Gasteiger partial charge in [0.05, 0.1) is 51.6 Å². The lowest BCUT2D eigenvalue weighted by atomic mass is 9.85. The van der Waals surface area contributed by atoms with Crippen LogP contribution < -0.4 is 0 Å². The third-order valence-corrected chi connectivity index (χ3v) is 5.96. The van der Waals surface area contributed by atoms with E-state index in [1.54, 1.807) is 18.2 Å². The van der Waals surface area contributed by atoms with Crippen molar-refractivity contribution < 1.29 is 13.2 Å². The van der Waals surface area contributed by atoms with Crippen molar-refractivity contribution in [3.05, 3.63) is 105 Å². The van der Waals surface area contributed by atoms with Gasteiger partial charge in [-0.25, -0.2) is 13.2 Å². The second kappa shape index (κ2) is 10.3. The van der Waals surface area contributed by atoms with E-state index in [9.17, 15) is 44.7 Å². The maximum atomic E-state index is 14.7. The zero-order chi connectivity index (χ0) is 28.3. The lowest BCUT2D eigenvalue weighted by molar-refractivity contribution is 0.624. The molecule has 4 aromatic rings. The van der Waals surface area contributed by atoms with Crippen molar-refractivity contribution in [2.24, 2.45) is 0 Å². The van der Waals surface area contributed by atoms with Crippen molar-refractivity contribution in [2.45, 2.75) is 0 Å². The van der Waals surface area contributed by atoms with Gasteiger partial charge in [-0.05, 0) is 71.3 Å². The minimum Gasteiger partial charge on any atom is -0.206 e. The Morgan fingerprint density at radius 1 is 0.385 bits per heavy atom. The van der Waals surface area contributed by atoms with Crippen LogP contribution in [-0.2, 0) is 0 Å². The van der Waals surface area contributed by atoms with Gasteiger partial charge in [0.15, 0.2) is 0 Å². The Hall–Kier alpha value is -6.39. The van der Waals surface area contributed by atoms with Gasteiger partial charge >= 0.3 is 0 Å². The Kier molecular flexibility index (Phi) is 6.79. The first-order valence-corrected chi connectivity index (χ1v) is 10.9. The van der Waals surface area contributed by atoms with Gasteiger partial charge in [-0.2, -0.15) is 31.6 Å². The molecule has 0 aromatic heterocycles. The van der Waals surface area contributed by atoms with E-state index in [0.29, 0.717) is 0 Å². The third-order valence-electron chi connectivity index (χ3n) is 5.96. The topological polar surface area (TPSA) is 143 Å². The van der Waals surface area contributed by atoms with Crippen LogP contribution in [-0.4, -0.2) is 0 Å². The first-order valence-electron chi connectivity index (χ1n) is 10.9. The Bertz CT molecular complexity index is 1730. The molecule has 4 rings (SSSR count). The fraction of sp³-hybridized carbons (Fsp3) is 0. The van der Waals surface area contributed by atoms with Gasteiger partial charge in [-0.15, -0.1) is 0 Å². The van der Waals surface area contributed by atoms with Crippen LogP contribution in [0.2, 0.25) is 0 Å². The summed E-state index contributed by atoms with van der Waals surface area (Å²) in [6.45, 7) is 0. The Morgan fingerprint density at radius 3 is 0.846 bits per heavy atom. The molecule has 9 heteroatoms. The molecular weight excluding hydrogens is 501 g/mol. The van der Waals surface area contributed by atoms with Crippen LogP contribution in [0.1, 0.15) is 33.4 Å². The van der Waals surface area contributed by atoms with Crippen LogP contribution in [0.4, 0.5) is 13.2 Å². The van der Waals surface area contributed by atoms with Gasteiger partial charge in [-0.1, -0.05) is 0 Å². The van der Waals surface area contributed by atoms with Crippen molar-refractivity contribution in [3.8, 4) is 69.8 Å². The molecule has 0 atom stereocenters. The number of hydrogen-bond donors (Lipinski definition) is 0. The van der Waals surface area contributed by atoms with E-state index in [0.717, 1.165) is 36.4 Å². The molecule has 0 saturated heterocycles. The molecular formula is C30H9F3N6. The van der Waals surface area contributed by atoms with E-state index < -0.39 is 34.1 Å². The number of halogens is 3. The van der Waals surface area contributed by atoms with Gasteiger partial charge in [0.2, 0.25) is 0 Å². The maximum absolute atomic E-state index is 14.7. The molecule has 0 bridgehead atoms. The number of rotatable bonds is 3. The highest BCUT2D eigenvalue weighted by Crippen LogP contribution is 2.40. The zero-order valence-electron chi connectivity index (χ0n) is 19.5. The first kappa shape index (κ1) is 25.7. The van der Waals surface area contributed by atoms with E-state index in [2.05, 4.69) is 0 Å². The molecule has 0 amide bonds. The second-order valence-electron chi connectivity index (χ2n) is 8.00. The van der Waals surface area contributed by atoms with Crippen molar-refractivity contribution in [3.63, 3.8) is 0 Å². The predicted octanol–water partition coefficient (Wildman–Crippen LogP) is 6.33. The second-order valence-corrected chi connectivity index (χ2v) is 8.00. The fourth-order valence-corrected chi connectivity index (χ4v) is 4.30. The number of hydrogen-bond acceptors (Lipinski definition) is 6. The molecule has 39 heavy (non-hydrogen) atoms. The Morgan fingerprint density at radius 2 is 0.641 bits per heavy atom. The molecule has 0 radical (unpaired) electrons. The van der Waals surface area contributed by atoms with Crippen LogP contribution >= 0.6 is 0 Å². The summed E-state index contributed by atoms with van der Waals surface area (Å²) in [7, 11) is 0. The van der Waals surface area contributed by atoms with Crippen LogP contribution in [0, 0.1) is 85.4 Å². The summed E-state index contributed by atoms with van der Waals surface area (Å²) in [5.41, 5.74) is -2.32. The molecule has 0 fully saturated rings. The van der Waals surface area contributed by atoms with Gasteiger partial charge in [0.1, 0.15) is 35.7 Å². The molecule has 0 unspecified atom stereocenters. The largest absolute Gasteiger partial charge is 0.206 e. The summed E-state index contributed by atoms with van der Waals surface area (Å²) in [4.78, 5) is 0. The molecule has 0 heterocycles. The van der Waals surface area contributed by atoms with Crippen molar-refractivity contribution in [1.29, 1.82) is 31.6 Å². The predicted molar refractivity (Wildman–Crippen MR) is 131 cm³/mol. The molecule has 6 nitrogen and oxygen atoms in total. The summed E-state index contributed by atoms with van der Waals surface area (Å²) >= 11 is 0. The van der Waals surface area contributed by atoms with Crippen LogP contribution in [0.25, 0.3) is 33.4 Å². The van der Waals surface area contributed by atoms with E-state index in [1.165, 1.54) is 18.2 Å². The number of nitrogens with zero attached hydrogens (tertiary/aromatic N) is 6. The molecule has 0 aliphatic heterocycles. The standard InChI is InChI=1S/C30H9F3N6/c31-25-4-1-16(10-34)28(22(25)13-37)19-7-20(29-17(11-35)2-5-26(32)23(29)14-38)9-21(8-19)30-18(12-36)3-6-27(33)24(30)15-39/h1-9H. The SMILES string of the molecule is N#Cc1ccc(F)c(C#N)c1-c1cc(-c2c(C#N)ccc(F)c2C#N)cc(-c2c(C#N)ccc(F)c2C#N)c1. The van der Waals surface area contributed by atoms with Crippen molar-refractivity contribution in [1.82, 2.24) is 0 Å². The Labute approximate surface area is 220 Å². The Balaban J connectivity index is 2.27. The molecule has 4 aromatic carbocycles. The molecule has 0 saturated carbocycles. The van der Waals surface area contributed by atoms with Crippen LogP contribution in [0.15, 0.2) is 54.6 Å². The molecule has 0 N–H and O–H groups in total. The van der Waals surface area contributed by atoms with E-state index in [-0.39, 0.29) is 50.1 Å². The summed E-state index contributed by atoms with van der Waals surface area (Å²) in [6, 6.07) is 20.9. The number of benzene rings is 4. The minimum atomic E-state index is -0.944. The summed E-state index contributed by atoms with van der Waals surface area (Å²) < 4.78 is 44.0. The van der Waals surface area contributed by atoms with Crippen molar-refractivity contribution >= 4 is 0 Å². The highest BCUT2D eigenvalue weighted by Gasteiger charge is 2.23. The van der Waals surface area contributed by atoms with Gasteiger partial charge in [0.25, 0.3) is 0 Å². The van der Waals surface area contributed by atoms with E-state index in [4.69, 9.17) is 0 Å². The minimum absolute atomic E-state index is 0.00387. The lowest BCUT2D eigenvalue weighted by Gasteiger charge is -2.16. The number of nitriles is 6. The average molecular weight is 510 g/mol. The normalized spacial score (nSPS) is 9.77. The summed E-state index contributed by atoms with van der Waals surface area (Å²) in [5.74, 6) is -2.83. The quantitative estimate of drug-likeness (QED) is 0.315. The first-order chi connectivity index (χ1) is 18.8. The summed E-state index contributed by atoms with van der Waals surface area (Å²) in [6.07, 6.45) is 0. The van der Waals surface area contributed by atoms with Crippen LogP contribution in [0.3, 0.4) is 0 Å². The maximum Gasteiger partial charge on any atom is 0.141 e. The van der Waals surface area contributed by atoms with Gasteiger partial charge in [0, 0.05) is 16.7 Å².